The van der Waals surface area contributed by atoms with Crippen LogP contribution in [0.15, 0.2) is 20.3 Å². The van der Waals surface area contributed by atoms with E-state index in [4.69, 9.17) is 0 Å². The third kappa shape index (κ3) is 6.36. The van der Waals surface area contributed by atoms with E-state index in [1.54, 1.807) is 0 Å². The average molecular weight is 370 g/mol. The van der Waals surface area contributed by atoms with Gasteiger partial charge in [-0.3, -0.25) is 19.1 Å². The molecular weight excluding hydrogens is 352 g/mol. The van der Waals surface area contributed by atoms with Gasteiger partial charge in [0.2, 0.25) is 5.91 Å². The summed E-state index contributed by atoms with van der Waals surface area (Å²) in [7, 11) is 0. The quantitative estimate of drug-likeness (QED) is 0.582. The fourth-order valence-corrected chi connectivity index (χ4v) is 1.75. The van der Waals surface area contributed by atoms with Gasteiger partial charge < -0.3 is 10.6 Å². The van der Waals surface area contributed by atoms with Crippen LogP contribution in [0.1, 0.15) is 13.3 Å². The number of amides is 1. The van der Waals surface area contributed by atoms with Gasteiger partial charge >= 0.3 is 5.69 Å². The van der Waals surface area contributed by atoms with Crippen molar-refractivity contribution in [1.82, 2.24) is 20.2 Å². The maximum atomic E-state index is 11.6. The summed E-state index contributed by atoms with van der Waals surface area (Å²) in [5.74, 6) is -0.278. The van der Waals surface area contributed by atoms with Crippen molar-refractivity contribution in [3.8, 4) is 0 Å². The highest BCUT2D eigenvalue weighted by Crippen LogP contribution is 1.97. The van der Waals surface area contributed by atoms with Crippen LogP contribution >= 0.6 is 28.3 Å². The van der Waals surface area contributed by atoms with E-state index in [0.29, 0.717) is 13.1 Å². The highest BCUT2D eigenvalue weighted by atomic mass is 79.9. The van der Waals surface area contributed by atoms with Gasteiger partial charge in [0.15, 0.2) is 0 Å². The minimum atomic E-state index is -0.604. The van der Waals surface area contributed by atoms with Crippen molar-refractivity contribution in [2.45, 2.75) is 19.9 Å². The Labute approximate surface area is 130 Å². The van der Waals surface area contributed by atoms with E-state index in [1.807, 2.05) is 0 Å². The van der Waals surface area contributed by atoms with Crippen LogP contribution in [0.25, 0.3) is 0 Å². The Morgan fingerprint density at radius 1 is 1.35 bits per heavy atom. The molecule has 0 aliphatic carbocycles. The number of aromatic nitrogens is 2. The molecule has 1 amide bonds. The maximum absolute atomic E-state index is 11.6. The van der Waals surface area contributed by atoms with Crippen LogP contribution in [-0.2, 0) is 11.3 Å². The standard InChI is InChI=1S/C11H17BrN4O3.ClH/c1-2-3-13-4-5-14-9(17)7-16-6-8(12)10(18)15-11(16)19;/h6,13H,2-5,7H2,1H3,(H,14,17)(H,15,18,19);1H. The first-order chi connectivity index (χ1) is 9.04. The molecule has 0 saturated heterocycles. The van der Waals surface area contributed by atoms with Gasteiger partial charge in [0.05, 0.1) is 4.47 Å². The van der Waals surface area contributed by atoms with Crippen molar-refractivity contribution >= 4 is 34.2 Å². The molecule has 0 atom stereocenters. The van der Waals surface area contributed by atoms with E-state index in [1.165, 1.54) is 6.20 Å². The lowest BCUT2D eigenvalue weighted by molar-refractivity contribution is -0.121. The number of H-pyrrole nitrogens is 1. The monoisotopic (exact) mass is 368 g/mol. The molecule has 1 rings (SSSR count). The summed E-state index contributed by atoms with van der Waals surface area (Å²) in [5, 5.41) is 5.83. The lowest BCUT2D eigenvalue weighted by Crippen LogP contribution is -2.38. The zero-order valence-electron chi connectivity index (χ0n) is 11.1. The topological polar surface area (TPSA) is 96.0 Å². The first kappa shape index (κ1) is 18.9. The van der Waals surface area contributed by atoms with Gasteiger partial charge in [-0.2, -0.15) is 0 Å². The summed E-state index contributed by atoms with van der Waals surface area (Å²) in [6.07, 6.45) is 2.34. The Bertz CT molecular complexity index is 543. The van der Waals surface area contributed by atoms with Crippen molar-refractivity contribution in [1.29, 1.82) is 0 Å². The highest BCUT2D eigenvalue weighted by molar-refractivity contribution is 9.10. The second-order valence-corrected chi connectivity index (χ2v) is 4.82. The normalized spacial score (nSPS) is 9.90. The maximum Gasteiger partial charge on any atom is 0.328 e. The molecular formula is C11H18BrClN4O3. The molecule has 0 saturated carbocycles. The third-order valence-electron chi connectivity index (χ3n) is 2.33. The second kappa shape index (κ2) is 9.73. The first-order valence-electron chi connectivity index (χ1n) is 6.01. The van der Waals surface area contributed by atoms with E-state index < -0.39 is 11.2 Å². The molecule has 114 valence electrons. The summed E-state index contributed by atoms with van der Waals surface area (Å²) in [6.45, 7) is 4.03. The Morgan fingerprint density at radius 3 is 2.70 bits per heavy atom. The fraction of sp³-hybridized carbons (Fsp3) is 0.545. The van der Waals surface area contributed by atoms with Gasteiger partial charge in [-0.1, -0.05) is 6.92 Å². The number of hydrogen-bond acceptors (Lipinski definition) is 4. The average Bonchev–Trinajstić information content (AvgIpc) is 2.35. The molecule has 3 N–H and O–H groups in total. The molecule has 0 aromatic carbocycles. The number of aromatic amines is 1. The van der Waals surface area contributed by atoms with Crippen LogP contribution in [0.2, 0.25) is 0 Å². The first-order valence-corrected chi connectivity index (χ1v) is 6.80. The summed E-state index contributed by atoms with van der Waals surface area (Å²) in [5.41, 5.74) is -1.11. The Hall–Kier alpha value is -1.12. The molecule has 0 radical (unpaired) electrons. The van der Waals surface area contributed by atoms with Gasteiger partial charge in [-0.15, -0.1) is 12.4 Å². The van der Waals surface area contributed by atoms with Crippen molar-refractivity contribution < 1.29 is 4.79 Å². The third-order valence-corrected chi connectivity index (χ3v) is 2.90. The molecule has 0 aliphatic rings. The lowest BCUT2D eigenvalue weighted by atomic mass is 10.4. The van der Waals surface area contributed by atoms with Crippen molar-refractivity contribution in [2.24, 2.45) is 0 Å². The summed E-state index contributed by atoms with van der Waals surface area (Å²) < 4.78 is 1.35. The zero-order chi connectivity index (χ0) is 14.3. The Balaban J connectivity index is 0.00000361. The number of halogens is 2. The van der Waals surface area contributed by atoms with Gasteiger partial charge in [-0.25, -0.2) is 4.79 Å². The molecule has 9 heteroatoms. The van der Waals surface area contributed by atoms with Gasteiger partial charge in [-0.05, 0) is 28.9 Å². The SMILES string of the molecule is CCCNCCNC(=O)Cn1cc(Br)c(=O)[nH]c1=O.Cl. The number of rotatable bonds is 7. The second-order valence-electron chi connectivity index (χ2n) is 3.96. The Kier molecular flexibility index (Phi) is 9.19. The zero-order valence-corrected chi connectivity index (χ0v) is 13.5. The van der Waals surface area contributed by atoms with E-state index in [-0.39, 0.29) is 29.3 Å². The molecule has 20 heavy (non-hydrogen) atoms. The molecule has 0 aliphatic heterocycles. The minimum Gasteiger partial charge on any atom is -0.353 e. The van der Waals surface area contributed by atoms with Crippen molar-refractivity contribution in [3.05, 3.63) is 31.5 Å². The molecule has 1 aromatic heterocycles. The summed E-state index contributed by atoms with van der Waals surface area (Å²) in [4.78, 5) is 36.3. The predicted octanol–water partition coefficient (Wildman–Crippen LogP) is -0.163. The number of hydrogen-bond donors (Lipinski definition) is 3. The minimum absolute atomic E-state index is 0. The summed E-state index contributed by atoms with van der Waals surface area (Å²) in [6, 6.07) is 0. The van der Waals surface area contributed by atoms with E-state index >= 15 is 0 Å². The molecule has 1 heterocycles. The molecule has 0 bridgehead atoms. The van der Waals surface area contributed by atoms with Crippen LogP contribution in [0.4, 0.5) is 0 Å². The number of nitrogens with one attached hydrogen (secondary N) is 3. The van der Waals surface area contributed by atoms with Gasteiger partial charge in [0.25, 0.3) is 5.56 Å². The smallest absolute Gasteiger partial charge is 0.328 e. The van der Waals surface area contributed by atoms with Crippen molar-refractivity contribution in [2.75, 3.05) is 19.6 Å². The van der Waals surface area contributed by atoms with Crippen molar-refractivity contribution in [3.63, 3.8) is 0 Å². The molecule has 0 fully saturated rings. The van der Waals surface area contributed by atoms with E-state index in [2.05, 4.69) is 38.5 Å². The number of carbonyl (C=O) groups excluding carboxylic acids is 1. The number of nitrogens with zero attached hydrogens (tertiary/aromatic N) is 1. The molecule has 0 spiro atoms. The molecule has 0 unspecified atom stereocenters. The number of carbonyl (C=O) groups is 1. The van der Waals surface area contributed by atoms with Crippen LogP contribution < -0.4 is 21.9 Å². The van der Waals surface area contributed by atoms with Gasteiger partial charge in [0, 0.05) is 19.3 Å². The molecule has 1 aromatic rings. The lowest BCUT2D eigenvalue weighted by Gasteiger charge is -2.07. The molecule has 7 nitrogen and oxygen atoms in total. The van der Waals surface area contributed by atoms with Crippen LogP contribution in [-0.4, -0.2) is 35.1 Å². The fourth-order valence-electron chi connectivity index (χ4n) is 1.40. The largest absolute Gasteiger partial charge is 0.353 e. The van der Waals surface area contributed by atoms with Crippen LogP contribution in [0, 0.1) is 0 Å². The van der Waals surface area contributed by atoms with Crippen LogP contribution in [0.5, 0.6) is 0 Å². The van der Waals surface area contributed by atoms with Crippen LogP contribution in [0.3, 0.4) is 0 Å². The van der Waals surface area contributed by atoms with Gasteiger partial charge in [0.1, 0.15) is 6.54 Å². The predicted molar refractivity (Wildman–Crippen MR) is 82.4 cm³/mol. The van der Waals surface area contributed by atoms with E-state index in [0.717, 1.165) is 17.5 Å². The Morgan fingerprint density at radius 2 is 2.05 bits per heavy atom. The highest BCUT2D eigenvalue weighted by Gasteiger charge is 2.06. The van der Waals surface area contributed by atoms with E-state index in [9.17, 15) is 14.4 Å². The summed E-state index contributed by atoms with van der Waals surface area (Å²) >= 11 is 3.01.